The Hall–Kier alpha value is -3.56. The van der Waals surface area contributed by atoms with Gasteiger partial charge in [-0.3, -0.25) is 9.89 Å². The molecule has 0 saturated carbocycles. The molecule has 0 spiro atoms. The van der Waals surface area contributed by atoms with Gasteiger partial charge >= 0.3 is 6.36 Å². The molecule has 3 aromatic rings. The maximum Gasteiger partial charge on any atom is 0.573 e. The lowest BCUT2D eigenvalue weighted by atomic mass is 10.1. The molecule has 0 aliphatic carbocycles. The van der Waals surface area contributed by atoms with Gasteiger partial charge in [-0.2, -0.15) is 5.10 Å². The van der Waals surface area contributed by atoms with E-state index in [4.69, 9.17) is 0 Å². The van der Waals surface area contributed by atoms with Gasteiger partial charge in [0.2, 0.25) is 0 Å². The molecule has 1 amide bonds. The Bertz CT molecular complexity index is 1070. The summed E-state index contributed by atoms with van der Waals surface area (Å²) in [5, 5.41) is 10.0. The van der Waals surface area contributed by atoms with E-state index in [0.29, 0.717) is 25.3 Å². The van der Waals surface area contributed by atoms with Crippen LogP contribution in [-0.2, 0) is 0 Å². The number of alkyl halides is 3. The number of hydrogen-bond acceptors (Lipinski definition) is 4. The summed E-state index contributed by atoms with van der Waals surface area (Å²) < 4.78 is 54.1. The lowest BCUT2D eigenvalue weighted by molar-refractivity contribution is -0.274. The molecule has 1 fully saturated rings. The zero-order valence-corrected chi connectivity index (χ0v) is 16.1. The van der Waals surface area contributed by atoms with Crippen LogP contribution in [0.25, 0.3) is 11.3 Å². The third-order valence-corrected chi connectivity index (χ3v) is 4.90. The lowest BCUT2D eigenvalue weighted by Crippen LogP contribution is -2.37. The molecule has 0 bridgehead atoms. The van der Waals surface area contributed by atoms with Crippen LogP contribution in [0.3, 0.4) is 0 Å². The van der Waals surface area contributed by atoms with Gasteiger partial charge in [-0.05, 0) is 54.4 Å². The second-order valence-corrected chi connectivity index (χ2v) is 7.13. The number of halogens is 4. The van der Waals surface area contributed by atoms with E-state index < -0.39 is 18.0 Å². The van der Waals surface area contributed by atoms with E-state index >= 15 is 0 Å². The number of carbonyl (C=O) groups excluding carboxylic acids is 1. The number of hydrogen-bond donors (Lipinski definition) is 2. The van der Waals surface area contributed by atoms with Crippen molar-refractivity contribution in [3.63, 3.8) is 0 Å². The van der Waals surface area contributed by atoms with Crippen molar-refractivity contribution in [1.29, 1.82) is 0 Å². The van der Waals surface area contributed by atoms with Gasteiger partial charge < -0.3 is 15.0 Å². The van der Waals surface area contributed by atoms with E-state index in [9.17, 15) is 22.4 Å². The van der Waals surface area contributed by atoms with Gasteiger partial charge in [0, 0.05) is 30.8 Å². The third-order valence-electron chi connectivity index (χ3n) is 4.90. The van der Waals surface area contributed by atoms with E-state index in [2.05, 4.69) is 20.3 Å². The number of nitrogens with one attached hydrogen (secondary N) is 2. The molecule has 1 aliphatic rings. The fourth-order valence-corrected chi connectivity index (χ4v) is 3.44. The van der Waals surface area contributed by atoms with Crippen molar-refractivity contribution in [2.75, 3.05) is 18.0 Å². The number of nitrogens with zero attached hydrogens (tertiary/aromatic N) is 2. The molecule has 10 heteroatoms. The Morgan fingerprint density at radius 3 is 2.68 bits per heavy atom. The van der Waals surface area contributed by atoms with Crippen LogP contribution in [0.5, 0.6) is 5.75 Å². The molecule has 4 rings (SSSR count). The van der Waals surface area contributed by atoms with Crippen molar-refractivity contribution in [1.82, 2.24) is 15.5 Å². The standard InChI is InChI=1S/C21H18F4N4O2/c22-15-6-4-13(5-7-15)18-11-19(28-27-18)29-9-8-16(12-29)26-20(30)14-2-1-3-17(10-14)31-21(23,24)25/h1-7,10-11,16H,8-9,12H2,(H,26,30)(H,27,28)/t16-/m1/s1. The Morgan fingerprint density at radius 1 is 1.16 bits per heavy atom. The Kier molecular flexibility index (Phi) is 5.53. The van der Waals surface area contributed by atoms with E-state index in [1.807, 2.05) is 11.0 Å². The molecule has 162 valence electrons. The second-order valence-electron chi connectivity index (χ2n) is 7.13. The Balaban J connectivity index is 1.37. The Morgan fingerprint density at radius 2 is 1.94 bits per heavy atom. The molecule has 31 heavy (non-hydrogen) atoms. The number of amides is 1. The van der Waals surface area contributed by atoms with Gasteiger partial charge in [-0.25, -0.2) is 4.39 Å². The first-order valence-corrected chi connectivity index (χ1v) is 9.50. The highest BCUT2D eigenvalue weighted by Crippen LogP contribution is 2.26. The molecule has 0 radical (unpaired) electrons. The van der Waals surface area contributed by atoms with Gasteiger partial charge in [0.1, 0.15) is 11.6 Å². The molecule has 1 atom stereocenters. The van der Waals surface area contributed by atoms with Crippen molar-refractivity contribution in [2.24, 2.45) is 0 Å². The largest absolute Gasteiger partial charge is 0.573 e. The van der Waals surface area contributed by atoms with Crippen molar-refractivity contribution in [3.8, 4) is 17.0 Å². The van der Waals surface area contributed by atoms with E-state index in [-0.39, 0.29) is 17.4 Å². The summed E-state index contributed by atoms with van der Waals surface area (Å²) in [4.78, 5) is 14.4. The van der Waals surface area contributed by atoms with Crippen molar-refractivity contribution < 1.29 is 27.1 Å². The van der Waals surface area contributed by atoms with Gasteiger partial charge in [0.15, 0.2) is 5.82 Å². The topological polar surface area (TPSA) is 70.2 Å². The third kappa shape index (κ3) is 5.14. The summed E-state index contributed by atoms with van der Waals surface area (Å²) in [5.41, 5.74) is 1.62. The van der Waals surface area contributed by atoms with Crippen molar-refractivity contribution in [3.05, 3.63) is 66.0 Å². The fourth-order valence-electron chi connectivity index (χ4n) is 3.44. The predicted molar refractivity (Wildman–Crippen MR) is 105 cm³/mol. The second kappa shape index (κ2) is 8.29. The summed E-state index contributed by atoms with van der Waals surface area (Å²) in [7, 11) is 0. The SMILES string of the molecule is O=C(N[C@@H]1CCN(c2cc(-c3ccc(F)cc3)[nH]n2)C1)c1cccc(OC(F)(F)F)c1. The minimum atomic E-state index is -4.82. The highest BCUT2D eigenvalue weighted by molar-refractivity contribution is 5.94. The summed E-state index contributed by atoms with van der Waals surface area (Å²) in [5.74, 6) is -0.555. The molecule has 1 saturated heterocycles. The minimum Gasteiger partial charge on any atom is -0.406 e. The zero-order valence-electron chi connectivity index (χ0n) is 16.1. The highest BCUT2D eigenvalue weighted by atomic mass is 19.4. The lowest BCUT2D eigenvalue weighted by Gasteiger charge is -2.16. The normalized spacial score (nSPS) is 16.4. The minimum absolute atomic E-state index is 0.0820. The van der Waals surface area contributed by atoms with E-state index in [0.717, 1.165) is 23.4 Å². The van der Waals surface area contributed by atoms with Gasteiger partial charge in [0.25, 0.3) is 5.91 Å². The molecule has 2 aromatic carbocycles. The molecule has 2 N–H and O–H groups in total. The number of aromatic amines is 1. The maximum absolute atomic E-state index is 13.1. The van der Waals surface area contributed by atoms with Crippen LogP contribution in [0.2, 0.25) is 0 Å². The molecular formula is C21H18F4N4O2. The summed E-state index contributed by atoms with van der Waals surface area (Å²) in [6.07, 6.45) is -4.17. The summed E-state index contributed by atoms with van der Waals surface area (Å²) in [6.45, 7) is 1.15. The Labute approximate surface area is 174 Å². The maximum atomic E-state index is 13.1. The molecule has 6 nitrogen and oxygen atoms in total. The average molecular weight is 434 g/mol. The number of ether oxygens (including phenoxy) is 1. The first-order chi connectivity index (χ1) is 14.8. The van der Waals surface area contributed by atoms with Crippen molar-refractivity contribution in [2.45, 2.75) is 18.8 Å². The fraction of sp³-hybridized carbons (Fsp3) is 0.238. The zero-order chi connectivity index (χ0) is 22.0. The number of benzene rings is 2. The number of aromatic nitrogens is 2. The van der Waals surface area contributed by atoms with E-state index in [1.165, 1.54) is 24.3 Å². The monoisotopic (exact) mass is 434 g/mol. The number of H-pyrrole nitrogens is 1. The van der Waals surface area contributed by atoms with Crippen LogP contribution in [0, 0.1) is 5.82 Å². The number of rotatable bonds is 5. The highest BCUT2D eigenvalue weighted by Gasteiger charge is 2.31. The quantitative estimate of drug-likeness (QED) is 0.593. The molecular weight excluding hydrogens is 416 g/mol. The number of carbonyl (C=O) groups is 1. The van der Waals surface area contributed by atoms with Gasteiger partial charge in [0.05, 0.1) is 5.69 Å². The first-order valence-electron chi connectivity index (χ1n) is 9.50. The molecule has 1 aliphatic heterocycles. The first kappa shape index (κ1) is 20.7. The van der Waals surface area contributed by atoms with Gasteiger partial charge in [-0.15, -0.1) is 13.2 Å². The smallest absolute Gasteiger partial charge is 0.406 e. The summed E-state index contributed by atoms with van der Waals surface area (Å²) >= 11 is 0. The summed E-state index contributed by atoms with van der Waals surface area (Å²) in [6, 6.07) is 12.6. The average Bonchev–Trinajstić information content (AvgIpc) is 3.37. The van der Waals surface area contributed by atoms with Crippen LogP contribution in [0.1, 0.15) is 16.8 Å². The van der Waals surface area contributed by atoms with Crippen LogP contribution < -0.4 is 15.0 Å². The molecule has 1 aromatic heterocycles. The van der Waals surface area contributed by atoms with E-state index in [1.54, 1.807) is 12.1 Å². The molecule has 2 heterocycles. The molecule has 0 unspecified atom stereocenters. The van der Waals surface area contributed by atoms with Crippen LogP contribution in [0.4, 0.5) is 23.4 Å². The predicted octanol–water partition coefficient (Wildman–Crippen LogP) is 4.12. The number of anilines is 1. The van der Waals surface area contributed by atoms with Gasteiger partial charge in [-0.1, -0.05) is 6.07 Å². The van der Waals surface area contributed by atoms with Crippen molar-refractivity contribution >= 4 is 11.7 Å². The van der Waals surface area contributed by atoms with Crippen LogP contribution in [0.15, 0.2) is 54.6 Å². The van der Waals surface area contributed by atoms with Crippen LogP contribution >= 0.6 is 0 Å². The van der Waals surface area contributed by atoms with Crippen LogP contribution in [-0.4, -0.2) is 41.6 Å².